The summed E-state index contributed by atoms with van der Waals surface area (Å²) in [6, 6.07) is 9.80. The number of aromatic carboxylic acids is 1. The van der Waals surface area contributed by atoms with Crippen molar-refractivity contribution in [2.24, 2.45) is 0 Å². The van der Waals surface area contributed by atoms with Gasteiger partial charge in [-0.15, -0.1) is 0 Å². The first-order chi connectivity index (χ1) is 8.49. The summed E-state index contributed by atoms with van der Waals surface area (Å²) in [5.74, 6) is -1.24. The fourth-order valence-electron chi connectivity index (χ4n) is 2.14. The van der Waals surface area contributed by atoms with E-state index in [1.807, 2.05) is 0 Å². The van der Waals surface area contributed by atoms with E-state index in [9.17, 15) is 9.18 Å². The van der Waals surface area contributed by atoms with Gasteiger partial charge in [0.1, 0.15) is 5.82 Å². The number of carboxylic acid groups (broad SMARTS) is 1. The largest absolute Gasteiger partial charge is 0.478 e. The fourth-order valence-corrected chi connectivity index (χ4v) is 2.14. The summed E-state index contributed by atoms with van der Waals surface area (Å²) in [4.78, 5) is 11.1. The number of carboxylic acids is 1. The Balaban J connectivity index is 2.58. The SMILES string of the molecule is Cc1cc(-c2cccc(F)c2)cc(C)c1C(=O)O. The van der Waals surface area contributed by atoms with Gasteiger partial charge in [-0.2, -0.15) is 0 Å². The van der Waals surface area contributed by atoms with E-state index >= 15 is 0 Å². The maximum Gasteiger partial charge on any atom is 0.336 e. The van der Waals surface area contributed by atoms with Crippen LogP contribution in [0.2, 0.25) is 0 Å². The average molecular weight is 244 g/mol. The zero-order chi connectivity index (χ0) is 13.3. The molecule has 0 spiro atoms. The minimum absolute atomic E-state index is 0.301. The summed E-state index contributed by atoms with van der Waals surface area (Å²) in [6.45, 7) is 3.50. The smallest absolute Gasteiger partial charge is 0.336 e. The lowest BCUT2D eigenvalue weighted by Gasteiger charge is -2.09. The topological polar surface area (TPSA) is 37.3 Å². The molecule has 2 rings (SSSR count). The van der Waals surface area contributed by atoms with E-state index in [1.54, 1.807) is 38.1 Å². The molecule has 0 atom stereocenters. The van der Waals surface area contributed by atoms with E-state index < -0.39 is 5.97 Å². The Kier molecular flexibility index (Phi) is 3.15. The molecule has 0 bridgehead atoms. The first-order valence-electron chi connectivity index (χ1n) is 5.59. The lowest BCUT2D eigenvalue weighted by atomic mass is 9.95. The number of carbonyl (C=O) groups is 1. The van der Waals surface area contributed by atoms with Crippen LogP contribution in [0.3, 0.4) is 0 Å². The van der Waals surface area contributed by atoms with E-state index in [2.05, 4.69) is 0 Å². The number of rotatable bonds is 2. The Morgan fingerprint density at radius 3 is 2.17 bits per heavy atom. The lowest BCUT2D eigenvalue weighted by molar-refractivity contribution is 0.0695. The Morgan fingerprint density at radius 1 is 1.06 bits per heavy atom. The molecule has 0 heterocycles. The molecule has 3 heteroatoms. The molecule has 0 radical (unpaired) electrons. The van der Waals surface area contributed by atoms with Crippen molar-refractivity contribution in [2.45, 2.75) is 13.8 Å². The van der Waals surface area contributed by atoms with Crippen molar-refractivity contribution in [3.63, 3.8) is 0 Å². The third kappa shape index (κ3) is 2.25. The maximum absolute atomic E-state index is 13.2. The van der Waals surface area contributed by atoms with Crippen LogP contribution in [-0.4, -0.2) is 11.1 Å². The number of aryl methyl sites for hydroxylation is 2. The van der Waals surface area contributed by atoms with E-state index in [4.69, 9.17) is 5.11 Å². The minimum Gasteiger partial charge on any atom is -0.478 e. The van der Waals surface area contributed by atoms with E-state index in [-0.39, 0.29) is 5.82 Å². The van der Waals surface area contributed by atoms with Crippen molar-refractivity contribution in [2.75, 3.05) is 0 Å². The Morgan fingerprint density at radius 2 is 1.67 bits per heavy atom. The van der Waals surface area contributed by atoms with Crippen LogP contribution in [0.4, 0.5) is 4.39 Å². The monoisotopic (exact) mass is 244 g/mol. The first-order valence-corrected chi connectivity index (χ1v) is 5.59. The number of hydrogen-bond donors (Lipinski definition) is 1. The first kappa shape index (κ1) is 12.3. The van der Waals surface area contributed by atoms with Crippen molar-refractivity contribution >= 4 is 5.97 Å². The predicted octanol–water partition coefficient (Wildman–Crippen LogP) is 3.81. The molecule has 0 saturated carbocycles. The van der Waals surface area contributed by atoms with Gasteiger partial charge in [-0.25, -0.2) is 9.18 Å². The van der Waals surface area contributed by atoms with Crippen molar-refractivity contribution < 1.29 is 14.3 Å². The minimum atomic E-state index is -0.934. The van der Waals surface area contributed by atoms with Gasteiger partial charge >= 0.3 is 5.97 Å². The third-order valence-electron chi connectivity index (χ3n) is 2.90. The zero-order valence-corrected chi connectivity index (χ0v) is 10.2. The molecule has 2 aromatic rings. The number of halogens is 1. The quantitative estimate of drug-likeness (QED) is 0.872. The highest BCUT2D eigenvalue weighted by molar-refractivity contribution is 5.92. The Hall–Kier alpha value is -2.16. The van der Waals surface area contributed by atoms with Crippen LogP contribution in [0, 0.1) is 19.7 Å². The zero-order valence-electron chi connectivity index (χ0n) is 10.2. The third-order valence-corrected chi connectivity index (χ3v) is 2.90. The molecule has 2 aromatic carbocycles. The van der Waals surface area contributed by atoms with Gasteiger partial charge in [0.15, 0.2) is 0 Å². The average Bonchev–Trinajstić information content (AvgIpc) is 2.27. The Bertz CT molecular complexity index is 595. The van der Waals surface area contributed by atoms with E-state index in [0.29, 0.717) is 16.7 Å². The lowest BCUT2D eigenvalue weighted by Crippen LogP contribution is -2.03. The molecule has 0 unspecified atom stereocenters. The van der Waals surface area contributed by atoms with Gasteiger partial charge < -0.3 is 5.11 Å². The van der Waals surface area contributed by atoms with Gasteiger partial charge in [-0.3, -0.25) is 0 Å². The second-order valence-electron chi connectivity index (χ2n) is 4.30. The summed E-state index contributed by atoms with van der Waals surface area (Å²) in [6.07, 6.45) is 0. The normalized spacial score (nSPS) is 10.4. The van der Waals surface area contributed by atoms with Gasteiger partial charge in [-0.1, -0.05) is 24.3 Å². The molecule has 1 N–H and O–H groups in total. The highest BCUT2D eigenvalue weighted by Gasteiger charge is 2.12. The second kappa shape index (κ2) is 4.61. The van der Waals surface area contributed by atoms with Crippen LogP contribution in [-0.2, 0) is 0 Å². The van der Waals surface area contributed by atoms with Crippen molar-refractivity contribution in [1.82, 2.24) is 0 Å². The van der Waals surface area contributed by atoms with Crippen LogP contribution in [0.5, 0.6) is 0 Å². The van der Waals surface area contributed by atoms with Gasteiger partial charge in [0.25, 0.3) is 0 Å². The van der Waals surface area contributed by atoms with E-state index in [1.165, 1.54) is 12.1 Å². The molecule has 0 amide bonds. The molecule has 2 nitrogen and oxygen atoms in total. The Labute approximate surface area is 105 Å². The maximum atomic E-state index is 13.2. The summed E-state index contributed by atoms with van der Waals surface area (Å²) >= 11 is 0. The summed E-state index contributed by atoms with van der Waals surface area (Å²) in [5.41, 5.74) is 3.26. The van der Waals surface area contributed by atoms with Crippen LogP contribution in [0.25, 0.3) is 11.1 Å². The van der Waals surface area contributed by atoms with Crippen LogP contribution >= 0.6 is 0 Å². The van der Waals surface area contributed by atoms with Crippen molar-refractivity contribution in [1.29, 1.82) is 0 Å². The highest BCUT2D eigenvalue weighted by atomic mass is 19.1. The summed E-state index contributed by atoms with van der Waals surface area (Å²) < 4.78 is 13.2. The predicted molar refractivity (Wildman–Crippen MR) is 68.3 cm³/mol. The van der Waals surface area contributed by atoms with E-state index in [0.717, 1.165) is 11.1 Å². The molecule has 92 valence electrons. The summed E-state index contributed by atoms with van der Waals surface area (Å²) in [7, 11) is 0. The highest BCUT2D eigenvalue weighted by Crippen LogP contribution is 2.25. The molecular weight excluding hydrogens is 231 g/mol. The fraction of sp³-hybridized carbons (Fsp3) is 0.133. The standard InChI is InChI=1S/C15H13FO2/c1-9-6-12(7-10(2)14(9)15(17)18)11-4-3-5-13(16)8-11/h3-8H,1-2H3,(H,17,18). The van der Waals surface area contributed by atoms with Crippen LogP contribution in [0.1, 0.15) is 21.5 Å². The molecule has 18 heavy (non-hydrogen) atoms. The van der Waals surface area contributed by atoms with Crippen LogP contribution < -0.4 is 0 Å². The molecular formula is C15H13FO2. The van der Waals surface area contributed by atoms with Gasteiger partial charge in [0.2, 0.25) is 0 Å². The van der Waals surface area contributed by atoms with Crippen molar-refractivity contribution in [3.8, 4) is 11.1 Å². The molecule has 0 aromatic heterocycles. The molecule has 0 aliphatic rings. The van der Waals surface area contributed by atoms with Crippen LogP contribution in [0.15, 0.2) is 36.4 Å². The van der Waals surface area contributed by atoms with Crippen molar-refractivity contribution in [3.05, 3.63) is 58.9 Å². The second-order valence-corrected chi connectivity index (χ2v) is 4.30. The molecule has 0 fully saturated rings. The van der Waals surface area contributed by atoms with Gasteiger partial charge in [0, 0.05) is 0 Å². The molecule has 0 saturated heterocycles. The number of hydrogen-bond acceptors (Lipinski definition) is 1. The number of benzene rings is 2. The van der Waals surface area contributed by atoms with Gasteiger partial charge in [0.05, 0.1) is 5.56 Å². The summed E-state index contributed by atoms with van der Waals surface area (Å²) in [5, 5.41) is 9.09. The molecule has 0 aliphatic carbocycles. The van der Waals surface area contributed by atoms with Gasteiger partial charge in [-0.05, 0) is 48.2 Å². The molecule has 0 aliphatic heterocycles.